The summed E-state index contributed by atoms with van der Waals surface area (Å²) in [6.45, 7) is 6.44. The fourth-order valence-corrected chi connectivity index (χ4v) is 0.842. The van der Waals surface area contributed by atoms with Crippen LogP contribution >= 0.6 is 0 Å². The molecular formula is C8H15N2O+. The molecule has 1 aromatic heterocycles. The van der Waals surface area contributed by atoms with Crippen LogP contribution in [0.15, 0.2) is 18.7 Å². The van der Waals surface area contributed by atoms with Crippen molar-refractivity contribution in [3.63, 3.8) is 0 Å². The maximum atomic E-state index is 4.99. The molecule has 1 rings (SSSR count). The molecule has 0 aliphatic heterocycles. The van der Waals surface area contributed by atoms with Crippen LogP contribution in [0.1, 0.15) is 20.8 Å². The second kappa shape index (κ2) is 2.57. The van der Waals surface area contributed by atoms with Gasteiger partial charge in [-0.2, -0.15) is 0 Å². The molecule has 0 spiro atoms. The summed E-state index contributed by atoms with van der Waals surface area (Å²) >= 11 is 0. The van der Waals surface area contributed by atoms with Crippen molar-refractivity contribution in [3.8, 4) is 0 Å². The molecule has 0 aliphatic rings. The topological polar surface area (TPSA) is 18.0 Å². The average molecular weight is 155 g/mol. The smallest absolute Gasteiger partial charge is 0.284 e. The van der Waals surface area contributed by atoms with Crippen molar-refractivity contribution < 1.29 is 9.40 Å². The zero-order valence-electron chi connectivity index (χ0n) is 7.53. The number of hydrogen-bond acceptors (Lipinski definition) is 1. The summed E-state index contributed by atoms with van der Waals surface area (Å²) in [6.07, 6.45) is 5.79. The molecule has 11 heavy (non-hydrogen) atoms. The zero-order valence-corrected chi connectivity index (χ0v) is 7.53. The van der Waals surface area contributed by atoms with Crippen molar-refractivity contribution in [2.75, 3.05) is 7.11 Å². The molecule has 62 valence electrons. The monoisotopic (exact) mass is 155 g/mol. The molecule has 1 aromatic rings. The predicted octanol–water partition coefficient (Wildman–Crippen LogP) is 0.589. The van der Waals surface area contributed by atoms with Crippen molar-refractivity contribution >= 4 is 0 Å². The average Bonchev–Trinajstić information content (AvgIpc) is 2.32. The van der Waals surface area contributed by atoms with Gasteiger partial charge in [-0.05, 0) is 20.8 Å². The van der Waals surface area contributed by atoms with Gasteiger partial charge in [0.2, 0.25) is 0 Å². The van der Waals surface area contributed by atoms with Crippen molar-refractivity contribution in [3.05, 3.63) is 18.7 Å². The minimum Gasteiger partial charge on any atom is -0.339 e. The van der Waals surface area contributed by atoms with E-state index in [2.05, 4.69) is 25.3 Å². The lowest BCUT2D eigenvalue weighted by Gasteiger charge is -2.12. The molecule has 1 heterocycles. The standard InChI is InChI=1S/C8H15N2O/c1-8(2,3)9-5-6-10(7-9)11-4/h5-7H,1-4H3/q+1. The number of aromatic nitrogens is 2. The van der Waals surface area contributed by atoms with Gasteiger partial charge in [0.1, 0.15) is 18.8 Å². The predicted molar refractivity (Wildman–Crippen MR) is 42.1 cm³/mol. The summed E-state index contributed by atoms with van der Waals surface area (Å²) in [5.41, 5.74) is 0.129. The Morgan fingerprint density at radius 1 is 1.36 bits per heavy atom. The van der Waals surface area contributed by atoms with E-state index in [1.165, 1.54) is 0 Å². The molecule has 0 unspecified atom stereocenters. The van der Waals surface area contributed by atoms with Crippen LogP contribution in [0.2, 0.25) is 0 Å². The SMILES string of the molecule is COn1cc[n+](C(C)(C)C)c1. The van der Waals surface area contributed by atoms with Gasteiger partial charge >= 0.3 is 0 Å². The van der Waals surface area contributed by atoms with Crippen LogP contribution in [0.3, 0.4) is 0 Å². The zero-order chi connectivity index (χ0) is 8.48. The summed E-state index contributed by atoms with van der Waals surface area (Å²) in [4.78, 5) is 4.99. The Morgan fingerprint density at radius 3 is 2.27 bits per heavy atom. The largest absolute Gasteiger partial charge is 0.339 e. The lowest BCUT2D eigenvalue weighted by molar-refractivity contribution is -0.754. The van der Waals surface area contributed by atoms with Gasteiger partial charge in [-0.15, -0.1) is 0 Å². The minimum atomic E-state index is 0.129. The Hall–Kier alpha value is -0.990. The highest BCUT2D eigenvalue weighted by atomic mass is 16.6. The van der Waals surface area contributed by atoms with E-state index in [0.717, 1.165) is 0 Å². The first-order chi connectivity index (χ1) is 5.04. The first-order valence-corrected chi connectivity index (χ1v) is 3.68. The Bertz CT molecular complexity index is 234. The molecule has 0 N–H and O–H groups in total. The molecule has 3 nitrogen and oxygen atoms in total. The highest BCUT2D eigenvalue weighted by molar-refractivity contribution is 4.64. The van der Waals surface area contributed by atoms with E-state index < -0.39 is 0 Å². The molecule has 0 bridgehead atoms. The van der Waals surface area contributed by atoms with Crippen LogP contribution in [0, 0.1) is 0 Å². The van der Waals surface area contributed by atoms with Gasteiger partial charge in [0, 0.05) is 0 Å². The molecule has 0 saturated carbocycles. The summed E-state index contributed by atoms with van der Waals surface area (Å²) in [5.74, 6) is 0. The van der Waals surface area contributed by atoms with Crippen LogP contribution in [0.25, 0.3) is 0 Å². The molecule has 0 aromatic carbocycles. The molecule has 0 atom stereocenters. The van der Waals surface area contributed by atoms with Gasteiger partial charge in [-0.3, -0.25) is 0 Å². The van der Waals surface area contributed by atoms with E-state index in [0.29, 0.717) is 0 Å². The molecular weight excluding hydrogens is 140 g/mol. The lowest BCUT2D eigenvalue weighted by Crippen LogP contribution is -2.48. The van der Waals surface area contributed by atoms with E-state index in [1.807, 2.05) is 18.7 Å². The minimum absolute atomic E-state index is 0.129. The highest BCUT2D eigenvalue weighted by Gasteiger charge is 2.18. The van der Waals surface area contributed by atoms with Crippen molar-refractivity contribution in [2.24, 2.45) is 0 Å². The number of nitrogens with zero attached hydrogens (tertiary/aromatic N) is 2. The number of rotatable bonds is 1. The molecule has 0 amide bonds. The van der Waals surface area contributed by atoms with Gasteiger partial charge in [0.25, 0.3) is 6.33 Å². The number of imidazole rings is 1. The van der Waals surface area contributed by atoms with Crippen LogP contribution in [0.5, 0.6) is 0 Å². The molecule has 0 radical (unpaired) electrons. The van der Waals surface area contributed by atoms with Crippen LogP contribution in [0.4, 0.5) is 0 Å². The van der Waals surface area contributed by atoms with Crippen molar-refractivity contribution in [1.82, 2.24) is 4.73 Å². The Kier molecular flexibility index (Phi) is 1.89. The number of hydrogen-bond donors (Lipinski definition) is 0. The Labute approximate surface area is 67.2 Å². The summed E-state index contributed by atoms with van der Waals surface area (Å²) in [6, 6.07) is 0. The molecule has 0 fully saturated rings. The second-order valence-corrected chi connectivity index (χ2v) is 3.53. The first kappa shape index (κ1) is 8.11. The van der Waals surface area contributed by atoms with E-state index >= 15 is 0 Å². The van der Waals surface area contributed by atoms with Crippen LogP contribution < -0.4 is 9.40 Å². The summed E-state index contributed by atoms with van der Waals surface area (Å²) in [5, 5.41) is 0. The second-order valence-electron chi connectivity index (χ2n) is 3.53. The third-order valence-electron chi connectivity index (χ3n) is 1.60. The lowest BCUT2D eigenvalue weighted by atomic mass is 10.1. The quantitative estimate of drug-likeness (QED) is 0.543. The van der Waals surface area contributed by atoms with Crippen molar-refractivity contribution in [2.45, 2.75) is 26.3 Å². The maximum absolute atomic E-state index is 4.99. The maximum Gasteiger partial charge on any atom is 0.284 e. The van der Waals surface area contributed by atoms with Gasteiger partial charge in [-0.1, -0.05) is 4.73 Å². The third-order valence-corrected chi connectivity index (χ3v) is 1.60. The highest BCUT2D eigenvalue weighted by Crippen LogP contribution is 2.01. The van der Waals surface area contributed by atoms with Gasteiger partial charge in [0.05, 0.1) is 0 Å². The van der Waals surface area contributed by atoms with E-state index in [4.69, 9.17) is 4.84 Å². The summed E-state index contributed by atoms with van der Waals surface area (Å²) in [7, 11) is 1.65. The molecule has 0 saturated heterocycles. The Balaban J connectivity index is 2.89. The summed E-state index contributed by atoms with van der Waals surface area (Å²) < 4.78 is 3.77. The molecule has 3 heteroatoms. The van der Waals surface area contributed by atoms with E-state index in [9.17, 15) is 0 Å². The molecule has 0 aliphatic carbocycles. The third kappa shape index (κ3) is 1.73. The fourth-order valence-electron chi connectivity index (χ4n) is 0.842. The van der Waals surface area contributed by atoms with Crippen molar-refractivity contribution in [1.29, 1.82) is 0 Å². The normalized spacial score (nSPS) is 11.6. The van der Waals surface area contributed by atoms with Gasteiger partial charge < -0.3 is 4.84 Å². The first-order valence-electron chi connectivity index (χ1n) is 3.68. The Morgan fingerprint density at radius 2 is 2.00 bits per heavy atom. The fraction of sp³-hybridized carbons (Fsp3) is 0.625. The van der Waals surface area contributed by atoms with Crippen LogP contribution in [-0.2, 0) is 5.54 Å². The van der Waals surface area contributed by atoms with E-state index in [1.54, 1.807) is 11.8 Å². The van der Waals surface area contributed by atoms with Gasteiger partial charge in [0.15, 0.2) is 6.20 Å². The van der Waals surface area contributed by atoms with Crippen LogP contribution in [-0.4, -0.2) is 11.8 Å². The van der Waals surface area contributed by atoms with Gasteiger partial charge in [-0.25, -0.2) is 4.57 Å². The van der Waals surface area contributed by atoms with E-state index in [-0.39, 0.29) is 5.54 Å².